The number of benzene rings is 3. The van der Waals surface area contributed by atoms with Gasteiger partial charge < -0.3 is 4.90 Å². The third kappa shape index (κ3) is 3.43. The topological polar surface area (TPSA) is 20.3 Å². The molecule has 134 valence electrons. The standard InChI is InChI=1S/C25H23NO/c1-26(2)21-14-12-18(13-15-21)16-20-17-24(19-8-4-3-5-9-19)22-10-6-7-11-23(22)25(20)27/h3-16,24H,17H2,1-2H3/b20-16+. The van der Waals surface area contributed by atoms with Crippen LogP contribution in [0.15, 0.2) is 84.4 Å². The zero-order valence-corrected chi connectivity index (χ0v) is 15.7. The van der Waals surface area contributed by atoms with Crippen molar-refractivity contribution in [2.45, 2.75) is 12.3 Å². The van der Waals surface area contributed by atoms with Crippen molar-refractivity contribution in [2.24, 2.45) is 0 Å². The molecule has 2 heteroatoms. The molecule has 1 atom stereocenters. The van der Waals surface area contributed by atoms with Gasteiger partial charge in [-0.25, -0.2) is 0 Å². The molecular formula is C25H23NO. The number of Topliss-reactive ketones (excluding diaryl/α,β-unsaturated/α-hetero) is 1. The Bertz CT molecular complexity index is 984. The lowest BCUT2D eigenvalue weighted by atomic mass is 9.75. The van der Waals surface area contributed by atoms with Crippen LogP contribution in [0.2, 0.25) is 0 Å². The molecule has 0 aromatic heterocycles. The van der Waals surface area contributed by atoms with E-state index >= 15 is 0 Å². The molecule has 3 aromatic carbocycles. The van der Waals surface area contributed by atoms with Crippen LogP contribution in [-0.4, -0.2) is 19.9 Å². The van der Waals surface area contributed by atoms with Crippen LogP contribution in [0.3, 0.4) is 0 Å². The van der Waals surface area contributed by atoms with Crippen LogP contribution < -0.4 is 4.90 Å². The van der Waals surface area contributed by atoms with E-state index in [1.807, 2.05) is 44.4 Å². The van der Waals surface area contributed by atoms with E-state index in [0.29, 0.717) is 0 Å². The van der Waals surface area contributed by atoms with E-state index in [9.17, 15) is 4.79 Å². The second-order valence-corrected chi connectivity index (χ2v) is 7.24. The van der Waals surface area contributed by atoms with Crippen LogP contribution in [0.1, 0.15) is 39.4 Å². The highest BCUT2D eigenvalue weighted by molar-refractivity contribution is 6.13. The first kappa shape index (κ1) is 17.3. The minimum Gasteiger partial charge on any atom is -0.378 e. The maximum Gasteiger partial charge on any atom is 0.189 e. The van der Waals surface area contributed by atoms with E-state index in [4.69, 9.17) is 0 Å². The van der Waals surface area contributed by atoms with Gasteiger partial charge in [0.25, 0.3) is 0 Å². The lowest BCUT2D eigenvalue weighted by molar-refractivity contribution is 0.102. The second-order valence-electron chi connectivity index (χ2n) is 7.24. The van der Waals surface area contributed by atoms with Gasteiger partial charge in [0.1, 0.15) is 0 Å². The maximum absolute atomic E-state index is 13.1. The van der Waals surface area contributed by atoms with Gasteiger partial charge >= 0.3 is 0 Å². The zero-order valence-electron chi connectivity index (χ0n) is 15.7. The predicted molar refractivity (Wildman–Crippen MR) is 112 cm³/mol. The quantitative estimate of drug-likeness (QED) is 0.575. The first-order valence-electron chi connectivity index (χ1n) is 9.30. The highest BCUT2D eigenvalue weighted by Crippen LogP contribution is 2.39. The number of fused-ring (bicyclic) bond motifs is 1. The number of carbonyl (C=O) groups excluding carboxylic acids is 1. The van der Waals surface area contributed by atoms with Crippen molar-refractivity contribution in [3.63, 3.8) is 0 Å². The summed E-state index contributed by atoms with van der Waals surface area (Å²) in [6, 6.07) is 26.8. The summed E-state index contributed by atoms with van der Waals surface area (Å²) in [5, 5.41) is 0. The van der Waals surface area contributed by atoms with Gasteiger partial charge in [-0.15, -0.1) is 0 Å². The minimum absolute atomic E-state index is 0.148. The first-order valence-corrected chi connectivity index (χ1v) is 9.30. The SMILES string of the molecule is CN(C)c1ccc(/C=C2\CC(c3ccccc3)c3ccccc3C2=O)cc1. The number of nitrogens with zero attached hydrogens (tertiary/aromatic N) is 1. The molecule has 0 aliphatic heterocycles. The minimum atomic E-state index is 0.148. The van der Waals surface area contributed by atoms with E-state index in [0.717, 1.165) is 34.4 Å². The molecule has 1 aliphatic rings. The Kier molecular flexibility index (Phi) is 4.64. The van der Waals surface area contributed by atoms with E-state index in [2.05, 4.69) is 59.5 Å². The Hall–Kier alpha value is -3.13. The fraction of sp³-hybridized carbons (Fsp3) is 0.160. The predicted octanol–water partition coefficient (Wildman–Crippen LogP) is 5.55. The van der Waals surface area contributed by atoms with Crippen LogP contribution >= 0.6 is 0 Å². The van der Waals surface area contributed by atoms with Gasteiger partial charge in [-0.1, -0.05) is 66.7 Å². The van der Waals surface area contributed by atoms with E-state index in [-0.39, 0.29) is 11.7 Å². The molecule has 0 spiro atoms. The van der Waals surface area contributed by atoms with Gasteiger partial charge in [-0.05, 0) is 41.3 Å². The zero-order chi connectivity index (χ0) is 18.8. The number of carbonyl (C=O) groups is 1. The van der Waals surface area contributed by atoms with Gasteiger partial charge in [0.05, 0.1) is 0 Å². The Morgan fingerprint density at radius 2 is 1.52 bits per heavy atom. The molecule has 4 rings (SSSR count). The highest BCUT2D eigenvalue weighted by atomic mass is 16.1. The molecule has 0 bridgehead atoms. The second kappa shape index (κ2) is 7.24. The molecule has 0 amide bonds. The number of anilines is 1. The third-order valence-electron chi connectivity index (χ3n) is 5.25. The van der Waals surface area contributed by atoms with E-state index in [1.165, 1.54) is 5.56 Å². The summed E-state index contributed by atoms with van der Waals surface area (Å²) in [7, 11) is 4.05. The smallest absolute Gasteiger partial charge is 0.189 e. The number of rotatable bonds is 3. The maximum atomic E-state index is 13.1. The van der Waals surface area contributed by atoms with Crippen LogP contribution in [0.5, 0.6) is 0 Å². The third-order valence-corrected chi connectivity index (χ3v) is 5.25. The number of hydrogen-bond acceptors (Lipinski definition) is 2. The Morgan fingerprint density at radius 3 is 2.22 bits per heavy atom. The molecule has 0 saturated carbocycles. The highest BCUT2D eigenvalue weighted by Gasteiger charge is 2.29. The molecule has 0 fully saturated rings. The molecule has 27 heavy (non-hydrogen) atoms. The molecule has 0 N–H and O–H groups in total. The van der Waals surface area contributed by atoms with Gasteiger partial charge in [-0.2, -0.15) is 0 Å². The molecule has 1 aliphatic carbocycles. The molecule has 0 radical (unpaired) electrons. The van der Waals surface area contributed by atoms with Gasteiger partial charge in [-0.3, -0.25) is 4.79 Å². The van der Waals surface area contributed by atoms with Gasteiger partial charge in [0.2, 0.25) is 0 Å². The van der Waals surface area contributed by atoms with Crippen LogP contribution in [0.4, 0.5) is 5.69 Å². The number of allylic oxidation sites excluding steroid dienone is 1. The largest absolute Gasteiger partial charge is 0.378 e. The monoisotopic (exact) mass is 353 g/mol. The summed E-state index contributed by atoms with van der Waals surface area (Å²) in [5.41, 5.74) is 6.31. The van der Waals surface area contributed by atoms with Crippen molar-refractivity contribution in [2.75, 3.05) is 19.0 Å². The fourth-order valence-corrected chi connectivity index (χ4v) is 3.78. The summed E-state index contributed by atoms with van der Waals surface area (Å²) >= 11 is 0. The van der Waals surface area contributed by atoms with Crippen molar-refractivity contribution < 1.29 is 4.79 Å². The van der Waals surface area contributed by atoms with Crippen LogP contribution in [0.25, 0.3) is 6.08 Å². The van der Waals surface area contributed by atoms with Crippen molar-refractivity contribution in [3.8, 4) is 0 Å². The molecule has 1 unspecified atom stereocenters. The Balaban J connectivity index is 1.75. The van der Waals surface area contributed by atoms with Crippen LogP contribution in [0, 0.1) is 0 Å². The summed E-state index contributed by atoms with van der Waals surface area (Å²) in [4.78, 5) is 15.2. The van der Waals surface area contributed by atoms with Crippen molar-refractivity contribution in [3.05, 3.63) is 107 Å². The lowest BCUT2D eigenvalue weighted by Crippen LogP contribution is -2.19. The Labute approximate surface area is 160 Å². The van der Waals surface area contributed by atoms with Gasteiger partial charge in [0.15, 0.2) is 5.78 Å². The van der Waals surface area contributed by atoms with Crippen molar-refractivity contribution in [1.29, 1.82) is 0 Å². The summed E-state index contributed by atoms with van der Waals surface area (Å²) in [6.07, 6.45) is 2.78. The average molecular weight is 353 g/mol. The fourth-order valence-electron chi connectivity index (χ4n) is 3.78. The summed E-state index contributed by atoms with van der Waals surface area (Å²) < 4.78 is 0. The van der Waals surface area contributed by atoms with E-state index in [1.54, 1.807) is 0 Å². The van der Waals surface area contributed by atoms with E-state index < -0.39 is 0 Å². The summed E-state index contributed by atoms with van der Waals surface area (Å²) in [6.45, 7) is 0. The van der Waals surface area contributed by atoms with Crippen LogP contribution in [-0.2, 0) is 0 Å². The van der Waals surface area contributed by atoms with Gasteiger partial charge in [0, 0.05) is 36.8 Å². The molecule has 2 nitrogen and oxygen atoms in total. The summed E-state index contributed by atoms with van der Waals surface area (Å²) in [5.74, 6) is 0.363. The molecule has 3 aromatic rings. The molecule has 0 heterocycles. The first-order chi connectivity index (χ1) is 13.1. The number of hydrogen-bond donors (Lipinski definition) is 0. The number of ketones is 1. The average Bonchev–Trinajstić information content (AvgIpc) is 2.71. The van der Waals surface area contributed by atoms with Crippen molar-refractivity contribution >= 4 is 17.5 Å². The molecule has 0 saturated heterocycles. The van der Waals surface area contributed by atoms with Crippen molar-refractivity contribution in [1.82, 2.24) is 0 Å². The lowest BCUT2D eigenvalue weighted by Gasteiger charge is -2.27. The normalized spacial score (nSPS) is 17.6. The molecular weight excluding hydrogens is 330 g/mol. The Morgan fingerprint density at radius 1 is 0.852 bits per heavy atom.